The number of urea groups is 1. The van der Waals surface area contributed by atoms with E-state index in [4.69, 9.17) is 0 Å². The van der Waals surface area contributed by atoms with E-state index in [1.165, 1.54) is 0 Å². The minimum absolute atomic E-state index is 0.0981. The van der Waals surface area contributed by atoms with Crippen molar-refractivity contribution < 1.29 is 9.59 Å². The molecule has 104 valence electrons. The van der Waals surface area contributed by atoms with Gasteiger partial charge in [-0.3, -0.25) is 4.79 Å². The molecule has 0 aromatic rings. The van der Waals surface area contributed by atoms with Crippen LogP contribution in [0.2, 0.25) is 0 Å². The van der Waals surface area contributed by atoms with Crippen LogP contribution in [0.25, 0.3) is 0 Å². The average molecular weight is 255 g/mol. The van der Waals surface area contributed by atoms with Crippen molar-refractivity contribution in [1.82, 2.24) is 15.5 Å². The minimum atomic E-state index is -0.267. The van der Waals surface area contributed by atoms with E-state index in [1.807, 2.05) is 46.4 Å². The molecule has 5 heteroatoms. The molecule has 0 saturated carbocycles. The molecule has 0 spiro atoms. The lowest BCUT2D eigenvalue weighted by Crippen LogP contribution is -2.50. The zero-order valence-electron chi connectivity index (χ0n) is 12.3. The fraction of sp³-hybridized carbons (Fsp3) is 0.846. The van der Waals surface area contributed by atoms with E-state index < -0.39 is 0 Å². The van der Waals surface area contributed by atoms with E-state index in [0.717, 1.165) is 0 Å². The topological polar surface area (TPSA) is 61.4 Å². The number of nitrogens with zero attached hydrogens (tertiary/aromatic N) is 1. The van der Waals surface area contributed by atoms with Crippen LogP contribution in [0.1, 0.15) is 48.0 Å². The second-order valence-corrected chi connectivity index (χ2v) is 6.92. The maximum atomic E-state index is 11.9. The Morgan fingerprint density at radius 2 is 1.78 bits per heavy atom. The van der Waals surface area contributed by atoms with Crippen LogP contribution in [0.3, 0.4) is 0 Å². The largest absolute Gasteiger partial charge is 0.336 e. The Kier molecular flexibility index (Phi) is 3.93. The number of hydrogen-bond acceptors (Lipinski definition) is 2. The third-order valence-corrected chi connectivity index (χ3v) is 2.76. The third-order valence-electron chi connectivity index (χ3n) is 2.76. The predicted molar refractivity (Wildman–Crippen MR) is 71.3 cm³/mol. The molecular formula is C13H25N3O2. The lowest BCUT2D eigenvalue weighted by Gasteiger charge is -2.32. The van der Waals surface area contributed by atoms with Crippen LogP contribution in [-0.2, 0) is 4.79 Å². The molecule has 1 aliphatic heterocycles. The summed E-state index contributed by atoms with van der Waals surface area (Å²) in [4.78, 5) is 25.4. The number of carbonyl (C=O) groups excluding carboxylic acids is 2. The van der Waals surface area contributed by atoms with Crippen molar-refractivity contribution in [3.63, 3.8) is 0 Å². The Labute approximate surface area is 109 Å². The zero-order valence-corrected chi connectivity index (χ0v) is 12.3. The number of amides is 3. The summed E-state index contributed by atoms with van der Waals surface area (Å²) >= 11 is 0. The highest BCUT2D eigenvalue weighted by Crippen LogP contribution is 2.21. The van der Waals surface area contributed by atoms with E-state index >= 15 is 0 Å². The van der Waals surface area contributed by atoms with E-state index in [9.17, 15) is 9.59 Å². The summed E-state index contributed by atoms with van der Waals surface area (Å²) in [6.07, 6.45) is 0.384. The highest BCUT2D eigenvalue weighted by molar-refractivity contribution is 5.82. The first-order valence-corrected chi connectivity index (χ1v) is 6.38. The van der Waals surface area contributed by atoms with Gasteiger partial charge in [-0.25, -0.2) is 4.79 Å². The number of carbonyl (C=O) groups is 2. The lowest BCUT2D eigenvalue weighted by atomic mass is 10.1. The molecule has 1 fully saturated rings. The Bertz CT molecular complexity index is 339. The SMILES string of the molecule is CC(C)(C)NC(=O)NC1CC(=O)N(C(C)(C)C)C1. The maximum absolute atomic E-state index is 11.9. The zero-order chi connectivity index (χ0) is 14.1. The van der Waals surface area contributed by atoms with Gasteiger partial charge in [0.25, 0.3) is 0 Å². The molecule has 1 unspecified atom stereocenters. The number of rotatable bonds is 1. The van der Waals surface area contributed by atoms with Gasteiger partial charge in [0, 0.05) is 24.0 Å². The molecule has 1 heterocycles. The second kappa shape index (κ2) is 4.78. The molecule has 18 heavy (non-hydrogen) atoms. The quantitative estimate of drug-likeness (QED) is 0.745. The highest BCUT2D eigenvalue weighted by atomic mass is 16.2. The summed E-state index contributed by atoms with van der Waals surface area (Å²) in [5.74, 6) is 0.101. The Morgan fingerprint density at radius 1 is 1.22 bits per heavy atom. The van der Waals surface area contributed by atoms with E-state index in [0.29, 0.717) is 13.0 Å². The molecule has 1 atom stereocenters. The normalized spacial score (nSPS) is 21.1. The van der Waals surface area contributed by atoms with Gasteiger partial charge in [0.15, 0.2) is 0 Å². The minimum Gasteiger partial charge on any atom is -0.336 e. The molecule has 0 aromatic carbocycles. The monoisotopic (exact) mass is 255 g/mol. The first-order chi connectivity index (χ1) is 7.99. The summed E-state index contributed by atoms with van der Waals surface area (Å²) < 4.78 is 0. The predicted octanol–water partition coefficient (Wildman–Crippen LogP) is 1.48. The summed E-state index contributed by atoms with van der Waals surface area (Å²) in [5, 5.41) is 5.69. The standard InChI is InChI=1S/C13H25N3O2/c1-12(2,3)15-11(18)14-9-7-10(17)16(8-9)13(4,5)6/h9H,7-8H2,1-6H3,(H2,14,15,18). The fourth-order valence-corrected chi connectivity index (χ4v) is 2.01. The molecule has 0 bridgehead atoms. The van der Waals surface area contributed by atoms with Crippen molar-refractivity contribution in [1.29, 1.82) is 0 Å². The maximum Gasteiger partial charge on any atom is 0.315 e. The van der Waals surface area contributed by atoms with Crippen LogP contribution in [0.5, 0.6) is 0 Å². The summed E-state index contributed by atoms with van der Waals surface area (Å²) in [5.41, 5.74) is -0.454. The van der Waals surface area contributed by atoms with Gasteiger partial charge >= 0.3 is 6.03 Å². The van der Waals surface area contributed by atoms with Crippen LogP contribution in [0.15, 0.2) is 0 Å². The van der Waals surface area contributed by atoms with Gasteiger partial charge in [-0.1, -0.05) is 0 Å². The van der Waals surface area contributed by atoms with Gasteiger partial charge in [-0.2, -0.15) is 0 Å². The molecular weight excluding hydrogens is 230 g/mol. The van der Waals surface area contributed by atoms with Crippen molar-refractivity contribution in [2.24, 2.45) is 0 Å². The summed E-state index contributed by atoms with van der Waals surface area (Å²) in [6.45, 7) is 12.4. The molecule has 0 aliphatic carbocycles. The number of likely N-dealkylation sites (tertiary alicyclic amines) is 1. The average Bonchev–Trinajstić information content (AvgIpc) is 2.41. The third kappa shape index (κ3) is 4.20. The van der Waals surface area contributed by atoms with Crippen LogP contribution >= 0.6 is 0 Å². The van der Waals surface area contributed by atoms with Crippen molar-refractivity contribution >= 4 is 11.9 Å². The lowest BCUT2D eigenvalue weighted by molar-refractivity contribution is -0.131. The molecule has 1 saturated heterocycles. The smallest absolute Gasteiger partial charge is 0.315 e. The van der Waals surface area contributed by atoms with Gasteiger partial charge in [-0.05, 0) is 41.5 Å². The van der Waals surface area contributed by atoms with Gasteiger partial charge in [0.05, 0.1) is 6.04 Å². The molecule has 0 aromatic heterocycles. The first-order valence-electron chi connectivity index (χ1n) is 6.38. The number of hydrogen-bond donors (Lipinski definition) is 2. The molecule has 1 rings (SSSR count). The highest BCUT2D eigenvalue weighted by Gasteiger charge is 2.36. The van der Waals surface area contributed by atoms with Crippen LogP contribution in [0, 0.1) is 0 Å². The van der Waals surface area contributed by atoms with Gasteiger partial charge in [0.2, 0.25) is 5.91 Å². The second-order valence-electron chi connectivity index (χ2n) is 6.92. The van der Waals surface area contributed by atoms with Crippen LogP contribution in [0.4, 0.5) is 4.79 Å². The van der Waals surface area contributed by atoms with Gasteiger partial charge in [0.1, 0.15) is 0 Å². The van der Waals surface area contributed by atoms with Crippen molar-refractivity contribution in [2.75, 3.05) is 6.54 Å². The Morgan fingerprint density at radius 3 is 2.17 bits per heavy atom. The Hall–Kier alpha value is -1.26. The molecule has 5 nitrogen and oxygen atoms in total. The van der Waals surface area contributed by atoms with Crippen molar-refractivity contribution in [3.05, 3.63) is 0 Å². The van der Waals surface area contributed by atoms with E-state index in [-0.39, 0.29) is 29.1 Å². The van der Waals surface area contributed by atoms with Gasteiger partial charge in [-0.15, -0.1) is 0 Å². The summed E-state index contributed by atoms with van der Waals surface area (Å²) in [6, 6.07) is -0.310. The molecule has 3 amide bonds. The van der Waals surface area contributed by atoms with E-state index in [1.54, 1.807) is 0 Å². The van der Waals surface area contributed by atoms with Crippen LogP contribution < -0.4 is 10.6 Å². The van der Waals surface area contributed by atoms with Crippen molar-refractivity contribution in [3.8, 4) is 0 Å². The van der Waals surface area contributed by atoms with Gasteiger partial charge < -0.3 is 15.5 Å². The molecule has 1 aliphatic rings. The van der Waals surface area contributed by atoms with E-state index in [2.05, 4.69) is 10.6 Å². The number of nitrogens with one attached hydrogen (secondary N) is 2. The Balaban J connectivity index is 2.52. The van der Waals surface area contributed by atoms with Crippen molar-refractivity contribution in [2.45, 2.75) is 65.1 Å². The van der Waals surface area contributed by atoms with Crippen LogP contribution in [-0.4, -0.2) is 40.5 Å². The summed E-state index contributed by atoms with van der Waals surface area (Å²) in [7, 11) is 0. The fourth-order valence-electron chi connectivity index (χ4n) is 2.01. The first kappa shape index (κ1) is 14.8. The molecule has 2 N–H and O–H groups in total. The molecule has 0 radical (unpaired) electrons.